The summed E-state index contributed by atoms with van der Waals surface area (Å²) in [4.78, 5) is 12.2. The third kappa shape index (κ3) is 3.37. The molecule has 0 saturated carbocycles. The van der Waals surface area contributed by atoms with Crippen molar-refractivity contribution >= 4 is 17.5 Å². The number of amides is 1. The lowest BCUT2D eigenvalue weighted by atomic mass is 10.1. The molecule has 0 aliphatic rings. The predicted molar refractivity (Wildman–Crippen MR) is 78.5 cm³/mol. The monoisotopic (exact) mass is 284 g/mol. The van der Waals surface area contributed by atoms with E-state index in [1.54, 1.807) is 24.3 Å². The fourth-order valence-electron chi connectivity index (χ4n) is 1.87. The van der Waals surface area contributed by atoms with Crippen molar-refractivity contribution < 1.29 is 4.79 Å². The Morgan fingerprint density at radius 3 is 2.60 bits per heavy atom. The third-order valence-electron chi connectivity index (χ3n) is 2.92. The smallest absolute Gasteiger partial charge is 0.251 e. The molecule has 0 saturated heterocycles. The first kappa shape index (κ1) is 14.1. The van der Waals surface area contributed by atoms with E-state index in [1.165, 1.54) is 0 Å². The molecule has 0 fully saturated rings. The summed E-state index contributed by atoms with van der Waals surface area (Å²) in [6.45, 7) is 0. The number of hydrogen-bond donors (Lipinski definition) is 1. The lowest BCUT2D eigenvalue weighted by Crippen LogP contribution is -2.29. The van der Waals surface area contributed by atoms with Gasteiger partial charge in [0.25, 0.3) is 5.91 Å². The van der Waals surface area contributed by atoms with Crippen LogP contribution in [0.1, 0.15) is 27.5 Å². The lowest BCUT2D eigenvalue weighted by molar-refractivity contribution is 0.0940. The van der Waals surface area contributed by atoms with E-state index >= 15 is 0 Å². The van der Waals surface area contributed by atoms with Gasteiger partial charge < -0.3 is 5.32 Å². The minimum atomic E-state index is -0.254. The van der Waals surface area contributed by atoms with Gasteiger partial charge in [0, 0.05) is 11.4 Å². The van der Waals surface area contributed by atoms with E-state index < -0.39 is 0 Å². The molecule has 0 aromatic heterocycles. The van der Waals surface area contributed by atoms with Gasteiger partial charge in [0.15, 0.2) is 0 Å². The minimum absolute atomic E-state index is 0.239. The summed E-state index contributed by atoms with van der Waals surface area (Å²) in [6.07, 6.45) is 0. The molecule has 4 heteroatoms. The summed E-state index contributed by atoms with van der Waals surface area (Å²) in [6, 6.07) is 17.9. The molecular formula is C16H13ClN2O. The molecule has 0 spiro atoms. The molecule has 1 atom stereocenters. The topological polar surface area (TPSA) is 52.9 Å². The molecule has 2 rings (SSSR count). The molecule has 0 bridgehead atoms. The Morgan fingerprint density at radius 1 is 1.20 bits per heavy atom. The highest BCUT2D eigenvalue weighted by molar-refractivity contribution is 6.18. The van der Waals surface area contributed by atoms with Crippen LogP contribution < -0.4 is 5.32 Å². The number of alkyl halides is 1. The van der Waals surface area contributed by atoms with Gasteiger partial charge in [-0.1, -0.05) is 36.4 Å². The second-order valence-electron chi connectivity index (χ2n) is 4.28. The van der Waals surface area contributed by atoms with E-state index in [2.05, 4.69) is 5.32 Å². The van der Waals surface area contributed by atoms with Crippen molar-refractivity contribution in [2.24, 2.45) is 0 Å². The van der Waals surface area contributed by atoms with E-state index in [0.717, 1.165) is 5.56 Å². The van der Waals surface area contributed by atoms with Crippen LogP contribution in [-0.2, 0) is 0 Å². The van der Waals surface area contributed by atoms with E-state index in [0.29, 0.717) is 11.1 Å². The Hall–Kier alpha value is -2.31. The molecule has 0 radical (unpaired) electrons. The zero-order valence-electron chi connectivity index (χ0n) is 10.7. The average Bonchev–Trinajstić information content (AvgIpc) is 2.53. The number of rotatable bonds is 4. The molecule has 1 unspecified atom stereocenters. The van der Waals surface area contributed by atoms with Crippen LogP contribution in [0.3, 0.4) is 0 Å². The number of hydrogen-bond acceptors (Lipinski definition) is 2. The third-order valence-corrected chi connectivity index (χ3v) is 3.22. The predicted octanol–water partition coefficient (Wildman–Crippen LogP) is 3.27. The van der Waals surface area contributed by atoms with Gasteiger partial charge in [-0.05, 0) is 23.8 Å². The molecule has 3 nitrogen and oxygen atoms in total. The van der Waals surface area contributed by atoms with Gasteiger partial charge in [-0.25, -0.2) is 0 Å². The molecule has 0 aliphatic heterocycles. The summed E-state index contributed by atoms with van der Waals surface area (Å²) in [5.41, 5.74) is 1.86. The van der Waals surface area contributed by atoms with Gasteiger partial charge in [0.05, 0.1) is 17.7 Å². The molecule has 2 aromatic carbocycles. The SMILES string of the molecule is N#Cc1cccc(C(=O)NC(CCl)c2ccccc2)c1. The zero-order valence-corrected chi connectivity index (χ0v) is 11.5. The highest BCUT2D eigenvalue weighted by atomic mass is 35.5. The van der Waals surface area contributed by atoms with Crippen molar-refractivity contribution in [1.82, 2.24) is 5.32 Å². The van der Waals surface area contributed by atoms with Gasteiger partial charge in [0.1, 0.15) is 0 Å². The molecule has 0 aliphatic carbocycles. The fraction of sp³-hybridized carbons (Fsp3) is 0.125. The largest absolute Gasteiger partial charge is 0.344 e. The Kier molecular flexibility index (Phi) is 4.75. The van der Waals surface area contributed by atoms with Crippen molar-refractivity contribution in [2.45, 2.75) is 6.04 Å². The maximum Gasteiger partial charge on any atom is 0.251 e. The lowest BCUT2D eigenvalue weighted by Gasteiger charge is -2.16. The molecule has 2 aromatic rings. The highest BCUT2D eigenvalue weighted by Crippen LogP contribution is 2.15. The van der Waals surface area contributed by atoms with Crippen LogP contribution in [0.4, 0.5) is 0 Å². The van der Waals surface area contributed by atoms with E-state index in [1.807, 2.05) is 36.4 Å². The number of nitrogens with zero attached hydrogens (tertiary/aromatic N) is 1. The number of carbonyl (C=O) groups excluding carboxylic acids is 1. The number of nitrogens with one attached hydrogen (secondary N) is 1. The Bertz CT molecular complexity index is 634. The van der Waals surface area contributed by atoms with Crippen LogP contribution in [0.2, 0.25) is 0 Å². The normalized spacial score (nSPS) is 11.4. The van der Waals surface area contributed by atoms with Crippen LogP contribution in [0.25, 0.3) is 0 Å². The maximum atomic E-state index is 12.2. The van der Waals surface area contributed by atoms with Crippen molar-refractivity contribution in [3.63, 3.8) is 0 Å². The van der Waals surface area contributed by atoms with Gasteiger partial charge in [-0.15, -0.1) is 11.6 Å². The van der Waals surface area contributed by atoms with Crippen LogP contribution >= 0.6 is 11.6 Å². The first-order chi connectivity index (χ1) is 9.74. The van der Waals surface area contributed by atoms with Crippen molar-refractivity contribution in [3.05, 3.63) is 71.3 Å². The van der Waals surface area contributed by atoms with Crippen LogP contribution in [0.5, 0.6) is 0 Å². The van der Waals surface area contributed by atoms with E-state index in [9.17, 15) is 4.79 Å². The number of benzene rings is 2. The molecule has 20 heavy (non-hydrogen) atoms. The molecule has 1 amide bonds. The minimum Gasteiger partial charge on any atom is -0.344 e. The Labute approximate surface area is 122 Å². The summed E-state index contributed by atoms with van der Waals surface area (Å²) in [5, 5.41) is 11.7. The van der Waals surface area contributed by atoms with Gasteiger partial charge in [-0.2, -0.15) is 5.26 Å². The fourth-order valence-corrected chi connectivity index (χ4v) is 2.12. The molecule has 0 heterocycles. The van der Waals surface area contributed by atoms with Gasteiger partial charge in [-0.3, -0.25) is 4.79 Å². The summed E-state index contributed by atoms with van der Waals surface area (Å²) in [7, 11) is 0. The van der Waals surface area contributed by atoms with Crippen molar-refractivity contribution in [2.75, 3.05) is 5.88 Å². The van der Waals surface area contributed by atoms with Crippen LogP contribution in [0.15, 0.2) is 54.6 Å². The van der Waals surface area contributed by atoms with Gasteiger partial charge in [0.2, 0.25) is 0 Å². The summed E-state index contributed by atoms with van der Waals surface area (Å²) >= 11 is 5.93. The van der Waals surface area contributed by atoms with E-state index in [-0.39, 0.29) is 17.8 Å². The van der Waals surface area contributed by atoms with Crippen molar-refractivity contribution in [1.29, 1.82) is 5.26 Å². The number of halogens is 1. The van der Waals surface area contributed by atoms with Crippen LogP contribution in [0, 0.1) is 11.3 Å². The first-order valence-corrected chi connectivity index (χ1v) is 6.70. The zero-order chi connectivity index (χ0) is 14.4. The highest BCUT2D eigenvalue weighted by Gasteiger charge is 2.14. The summed E-state index contributed by atoms with van der Waals surface area (Å²) < 4.78 is 0. The molecule has 1 N–H and O–H groups in total. The molecule has 100 valence electrons. The average molecular weight is 285 g/mol. The standard InChI is InChI=1S/C16H13ClN2O/c17-10-15(13-6-2-1-3-7-13)19-16(20)14-8-4-5-12(9-14)11-18/h1-9,15H,10H2,(H,19,20). The maximum absolute atomic E-state index is 12.2. The van der Waals surface area contributed by atoms with Crippen molar-refractivity contribution in [3.8, 4) is 6.07 Å². The molecular weight excluding hydrogens is 272 g/mol. The van der Waals surface area contributed by atoms with E-state index in [4.69, 9.17) is 16.9 Å². The Morgan fingerprint density at radius 2 is 1.95 bits per heavy atom. The number of nitriles is 1. The summed E-state index contributed by atoms with van der Waals surface area (Å²) in [5.74, 6) is 0.0462. The van der Waals surface area contributed by atoms with Gasteiger partial charge >= 0.3 is 0 Å². The Balaban J connectivity index is 2.15. The second-order valence-corrected chi connectivity index (χ2v) is 4.59. The quantitative estimate of drug-likeness (QED) is 0.876. The number of carbonyl (C=O) groups is 1. The first-order valence-electron chi connectivity index (χ1n) is 6.16. The second kappa shape index (κ2) is 6.74. The van der Waals surface area contributed by atoms with Crippen LogP contribution in [-0.4, -0.2) is 11.8 Å².